The maximum atomic E-state index is 13.7. The Balaban J connectivity index is 2.17. The van der Waals surface area contributed by atoms with E-state index in [1.54, 1.807) is 28.8 Å². The largest absolute Gasteiger partial charge is 0.331 e. The zero-order chi connectivity index (χ0) is 14.3. The quantitative estimate of drug-likeness (QED) is 0.656. The maximum Gasteiger partial charge on any atom is 0.178 e. The van der Waals surface area contributed by atoms with Gasteiger partial charge in [0.2, 0.25) is 0 Å². The Labute approximate surface area is 127 Å². The van der Waals surface area contributed by atoms with Crippen LogP contribution < -0.4 is 0 Å². The van der Waals surface area contributed by atoms with Gasteiger partial charge >= 0.3 is 0 Å². The molecule has 1 heterocycles. The molecule has 1 N–H and O–H groups in total. The number of fused-ring (bicyclic) bond motifs is 1. The topological polar surface area (TPSA) is 20.7 Å². The highest BCUT2D eigenvalue weighted by atomic mass is 79.9. The van der Waals surface area contributed by atoms with E-state index in [2.05, 4.69) is 20.9 Å². The maximum absolute atomic E-state index is 13.7. The van der Waals surface area contributed by atoms with Crippen molar-refractivity contribution in [1.82, 2.24) is 9.55 Å². The van der Waals surface area contributed by atoms with Crippen molar-refractivity contribution in [1.29, 1.82) is 0 Å². The summed E-state index contributed by atoms with van der Waals surface area (Å²) in [5, 5.41) is 0. The predicted molar refractivity (Wildman–Crippen MR) is 80.3 cm³/mol. The normalized spacial score (nSPS) is 11.2. The van der Waals surface area contributed by atoms with Crippen molar-refractivity contribution < 1.29 is 8.78 Å². The highest BCUT2D eigenvalue weighted by molar-refractivity contribution is 9.10. The lowest BCUT2D eigenvalue weighted by Crippen LogP contribution is -2.02. The third kappa shape index (κ3) is 2.29. The molecule has 0 fully saturated rings. The Bertz CT molecular complexity index is 854. The van der Waals surface area contributed by atoms with Gasteiger partial charge in [0.25, 0.3) is 0 Å². The number of nitrogens with one attached hydrogen (secondary N) is 1. The summed E-state index contributed by atoms with van der Waals surface area (Å²) in [6.07, 6.45) is 0. The Morgan fingerprint density at radius 1 is 1.15 bits per heavy atom. The van der Waals surface area contributed by atoms with Gasteiger partial charge in [-0.2, -0.15) is 0 Å². The SMILES string of the molecule is Fc1cc2c(cc1Br)[nH]c(=S)n2Cc1ccccc1F. The Kier molecular flexibility index (Phi) is 3.43. The minimum absolute atomic E-state index is 0.257. The second-order valence-corrected chi connectivity index (χ2v) is 5.63. The van der Waals surface area contributed by atoms with Gasteiger partial charge < -0.3 is 9.55 Å². The number of imidazole rings is 1. The minimum atomic E-state index is -0.381. The number of aromatic amines is 1. The molecule has 0 bridgehead atoms. The van der Waals surface area contributed by atoms with E-state index in [9.17, 15) is 8.78 Å². The zero-order valence-corrected chi connectivity index (χ0v) is 12.6. The first kappa shape index (κ1) is 13.5. The average molecular weight is 355 g/mol. The van der Waals surface area contributed by atoms with Crippen molar-refractivity contribution in [3.63, 3.8) is 0 Å². The fourth-order valence-corrected chi connectivity index (χ4v) is 2.72. The molecule has 0 amide bonds. The highest BCUT2D eigenvalue weighted by Crippen LogP contribution is 2.24. The van der Waals surface area contributed by atoms with Crippen molar-refractivity contribution in [2.45, 2.75) is 6.54 Å². The smallest absolute Gasteiger partial charge is 0.178 e. The van der Waals surface area contributed by atoms with Gasteiger partial charge in [-0.25, -0.2) is 8.78 Å². The molecule has 0 aliphatic rings. The van der Waals surface area contributed by atoms with Crippen LogP contribution in [0, 0.1) is 16.4 Å². The van der Waals surface area contributed by atoms with Gasteiger partial charge in [-0.05, 0) is 40.3 Å². The van der Waals surface area contributed by atoms with Crippen molar-refractivity contribution in [2.75, 3.05) is 0 Å². The molecule has 3 rings (SSSR count). The van der Waals surface area contributed by atoms with Crippen LogP contribution in [0.15, 0.2) is 40.9 Å². The van der Waals surface area contributed by atoms with Crippen LogP contribution in [0.25, 0.3) is 11.0 Å². The standard InChI is InChI=1S/C14H9BrF2N2S/c15-9-5-12-13(6-11(9)17)19(14(20)18-12)7-8-3-1-2-4-10(8)16/h1-6H,7H2,(H,18,20). The number of benzene rings is 2. The molecule has 6 heteroatoms. The van der Waals surface area contributed by atoms with E-state index in [1.807, 2.05) is 0 Å². The second-order valence-electron chi connectivity index (χ2n) is 4.39. The van der Waals surface area contributed by atoms with Crippen LogP contribution in [0.2, 0.25) is 0 Å². The average Bonchev–Trinajstić information content (AvgIpc) is 2.69. The van der Waals surface area contributed by atoms with Crippen LogP contribution >= 0.6 is 28.1 Å². The van der Waals surface area contributed by atoms with Crippen LogP contribution in [0.4, 0.5) is 8.78 Å². The molecule has 1 aromatic heterocycles. The summed E-state index contributed by atoms with van der Waals surface area (Å²) in [5.41, 5.74) is 1.83. The number of H-pyrrole nitrogens is 1. The van der Waals surface area contributed by atoms with Crippen LogP contribution in [0.3, 0.4) is 0 Å². The van der Waals surface area contributed by atoms with Gasteiger partial charge in [0.15, 0.2) is 4.77 Å². The van der Waals surface area contributed by atoms with E-state index in [-0.39, 0.29) is 18.2 Å². The van der Waals surface area contributed by atoms with E-state index in [0.717, 1.165) is 0 Å². The Morgan fingerprint density at radius 3 is 2.65 bits per heavy atom. The first-order valence-electron chi connectivity index (χ1n) is 5.87. The molecule has 0 radical (unpaired) electrons. The molecule has 0 aliphatic heterocycles. The number of halogens is 3. The number of hydrogen-bond donors (Lipinski definition) is 1. The van der Waals surface area contributed by atoms with Gasteiger partial charge in [0.05, 0.1) is 22.1 Å². The lowest BCUT2D eigenvalue weighted by Gasteiger charge is -2.06. The molecular formula is C14H9BrF2N2S. The van der Waals surface area contributed by atoms with Crippen molar-refractivity contribution in [2.24, 2.45) is 0 Å². The molecule has 2 aromatic carbocycles. The summed E-state index contributed by atoms with van der Waals surface area (Å²) < 4.78 is 29.9. The predicted octanol–water partition coefficient (Wildman–Crippen LogP) is 4.79. The molecule has 0 saturated heterocycles. The third-order valence-corrected chi connectivity index (χ3v) is 4.03. The van der Waals surface area contributed by atoms with Crippen molar-refractivity contribution in [3.8, 4) is 0 Å². The summed E-state index contributed by atoms with van der Waals surface area (Å²) >= 11 is 8.36. The third-order valence-electron chi connectivity index (χ3n) is 3.10. The first-order chi connectivity index (χ1) is 9.56. The van der Waals surface area contributed by atoms with E-state index in [4.69, 9.17) is 12.2 Å². The first-order valence-corrected chi connectivity index (χ1v) is 7.07. The van der Waals surface area contributed by atoms with Crippen LogP contribution in [0.5, 0.6) is 0 Å². The summed E-state index contributed by atoms with van der Waals surface area (Å²) in [6, 6.07) is 9.47. The number of hydrogen-bond acceptors (Lipinski definition) is 1. The molecule has 3 aromatic rings. The van der Waals surface area contributed by atoms with E-state index < -0.39 is 0 Å². The molecule has 0 unspecified atom stereocenters. The van der Waals surface area contributed by atoms with E-state index in [1.165, 1.54) is 12.1 Å². The van der Waals surface area contributed by atoms with Crippen LogP contribution in [-0.4, -0.2) is 9.55 Å². The minimum Gasteiger partial charge on any atom is -0.331 e. The fraction of sp³-hybridized carbons (Fsp3) is 0.0714. The van der Waals surface area contributed by atoms with Crippen LogP contribution in [0.1, 0.15) is 5.56 Å². The molecule has 20 heavy (non-hydrogen) atoms. The lowest BCUT2D eigenvalue weighted by molar-refractivity contribution is 0.600. The molecule has 0 spiro atoms. The zero-order valence-electron chi connectivity index (χ0n) is 10.2. The van der Waals surface area contributed by atoms with Crippen molar-refractivity contribution in [3.05, 3.63) is 62.8 Å². The Hall–Kier alpha value is -1.53. The van der Waals surface area contributed by atoms with Crippen LogP contribution in [-0.2, 0) is 6.54 Å². The molecule has 0 atom stereocenters. The van der Waals surface area contributed by atoms with Gasteiger partial charge in [-0.15, -0.1) is 0 Å². The van der Waals surface area contributed by atoms with E-state index >= 15 is 0 Å². The van der Waals surface area contributed by atoms with Gasteiger partial charge in [0, 0.05) is 11.6 Å². The molecular weight excluding hydrogens is 346 g/mol. The summed E-state index contributed by atoms with van der Waals surface area (Å²) in [5.74, 6) is -0.685. The monoisotopic (exact) mass is 354 g/mol. The lowest BCUT2D eigenvalue weighted by atomic mass is 10.2. The van der Waals surface area contributed by atoms with E-state index in [0.29, 0.717) is 25.8 Å². The van der Waals surface area contributed by atoms with Crippen molar-refractivity contribution >= 4 is 39.2 Å². The van der Waals surface area contributed by atoms with Gasteiger partial charge in [-0.1, -0.05) is 18.2 Å². The van der Waals surface area contributed by atoms with Gasteiger partial charge in [0.1, 0.15) is 11.6 Å². The summed E-state index contributed by atoms with van der Waals surface area (Å²) in [4.78, 5) is 2.99. The fourth-order valence-electron chi connectivity index (χ4n) is 2.11. The summed E-state index contributed by atoms with van der Waals surface area (Å²) in [6.45, 7) is 0.257. The second kappa shape index (κ2) is 5.10. The molecule has 2 nitrogen and oxygen atoms in total. The van der Waals surface area contributed by atoms with Gasteiger partial charge in [-0.3, -0.25) is 0 Å². The molecule has 0 aliphatic carbocycles. The highest BCUT2D eigenvalue weighted by Gasteiger charge is 2.10. The Morgan fingerprint density at radius 2 is 1.90 bits per heavy atom. The number of aromatic nitrogens is 2. The summed E-state index contributed by atoms with van der Waals surface area (Å²) in [7, 11) is 0. The molecule has 102 valence electrons. The molecule has 0 saturated carbocycles. The number of nitrogens with zero attached hydrogens (tertiary/aromatic N) is 1. The number of rotatable bonds is 2.